The molecule has 0 radical (unpaired) electrons. The average molecular weight is 284 g/mol. The van der Waals surface area contributed by atoms with Gasteiger partial charge in [-0.15, -0.1) is 0 Å². The first-order chi connectivity index (χ1) is 8.97. The fourth-order valence-electron chi connectivity index (χ4n) is 1.42. The third-order valence-electron chi connectivity index (χ3n) is 2.21. The first-order valence-electron chi connectivity index (χ1n) is 6.31. The Morgan fingerprint density at radius 1 is 1.53 bits per heavy atom. The number of esters is 1. The van der Waals surface area contributed by atoms with Gasteiger partial charge in [0.2, 0.25) is 0 Å². The molecule has 0 unspecified atom stereocenters. The van der Waals surface area contributed by atoms with Crippen LogP contribution in [0.3, 0.4) is 0 Å². The normalized spacial score (nSPS) is 10.4. The van der Waals surface area contributed by atoms with Gasteiger partial charge in [-0.3, -0.25) is 4.68 Å². The van der Waals surface area contributed by atoms with Crippen LogP contribution in [0.1, 0.15) is 38.2 Å². The fourth-order valence-corrected chi connectivity index (χ4v) is 1.68. The van der Waals surface area contributed by atoms with Gasteiger partial charge in [0.15, 0.2) is 10.8 Å². The minimum Gasteiger partial charge on any atom is -0.458 e. The van der Waals surface area contributed by atoms with Gasteiger partial charge in [-0.2, -0.15) is 5.10 Å². The van der Waals surface area contributed by atoms with Gasteiger partial charge in [0.05, 0.1) is 11.8 Å². The Hall–Kier alpha value is -1.63. The molecule has 0 atom stereocenters. The highest BCUT2D eigenvalue weighted by molar-refractivity contribution is 7.80. The molecule has 1 rings (SSSR count). The van der Waals surface area contributed by atoms with Gasteiger partial charge in [-0.05, 0) is 39.9 Å². The fraction of sp³-hybridized carbons (Fsp3) is 0.583. The van der Waals surface area contributed by atoms with Crippen LogP contribution in [0.2, 0.25) is 0 Å². The topological polar surface area (TPSA) is 68.2 Å². The van der Waals surface area contributed by atoms with Gasteiger partial charge in [0.1, 0.15) is 0 Å². The molecule has 0 amide bonds. The highest BCUT2D eigenvalue weighted by atomic mass is 32.1. The summed E-state index contributed by atoms with van der Waals surface area (Å²) in [5.74, 6) is -0.455. The van der Waals surface area contributed by atoms with Crippen molar-refractivity contribution < 1.29 is 9.53 Å². The van der Waals surface area contributed by atoms with Crippen LogP contribution in [0.4, 0.5) is 5.69 Å². The van der Waals surface area contributed by atoms with Gasteiger partial charge < -0.3 is 15.4 Å². The predicted octanol–water partition coefficient (Wildman–Crippen LogP) is 1.77. The Balaban J connectivity index is 2.92. The van der Waals surface area contributed by atoms with Crippen molar-refractivity contribution in [2.45, 2.75) is 40.3 Å². The van der Waals surface area contributed by atoms with E-state index in [0.717, 1.165) is 0 Å². The van der Waals surface area contributed by atoms with E-state index in [4.69, 9.17) is 17.0 Å². The van der Waals surface area contributed by atoms with E-state index in [0.29, 0.717) is 23.9 Å². The maximum Gasteiger partial charge on any atom is 0.361 e. The van der Waals surface area contributed by atoms with Crippen molar-refractivity contribution in [3.8, 4) is 0 Å². The summed E-state index contributed by atoms with van der Waals surface area (Å²) in [4.78, 5) is 11.9. The van der Waals surface area contributed by atoms with E-state index >= 15 is 0 Å². The zero-order chi connectivity index (χ0) is 14.4. The van der Waals surface area contributed by atoms with E-state index in [9.17, 15) is 4.79 Å². The van der Waals surface area contributed by atoms with Crippen molar-refractivity contribution in [2.75, 3.05) is 11.9 Å². The number of nitrogens with zero attached hydrogens (tertiary/aromatic N) is 2. The monoisotopic (exact) mass is 284 g/mol. The first-order valence-corrected chi connectivity index (χ1v) is 6.72. The smallest absolute Gasteiger partial charge is 0.361 e. The summed E-state index contributed by atoms with van der Waals surface area (Å²) in [5.41, 5.74) is 0.800. The molecule has 0 saturated carbocycles. The van der Waals surface area contributed by atoms with Crippen molar-refractivity contribution in [2.24, 2.45) is 0 Å². The molecule has 0 aliphatic heterocycles. The van der Waals surface area contributed by atoms with E-state index in [-0.39, 0.29) is 11.8 Å². The second-order valence-electron chi connectivity index (χ2n) is 4.19. The molecule has 1 aromatic heterocycles. The number of carbonyl (C=O) groups excluding carboxylic acids is 1. The second kappa shape index (κ2) is 7.08. The van der Waals surface area contributed by atoms with Gasteiger partial charge in [-0.1, -0.05) is 0 Å². The van der Waals surface area contributed by atoms with Crippen LogP contribution in [0.5, 0.6) is 0 Å². The maximum absolute atomic E-state index is 11.9. The minimum atomic E-state index is -0.455. The van der Waals surface area contributed by atoms with Crippen LogP contribution < -0.4 is 10.6 Å². The van der Waals surface area contributed by atoms with Crippen LogP contribution in [0.15, 0.2) is 6.20 Å². The predicted molar refractivity (Wildman–Crippen MR) is 78.3 cm³/mol. The van der Waals surface area contributed by atoms with E-state index < -0.39 is 5.97 Å². The largest absolute Gasteiger partial charge is 0.458 e. The van der Waals surface area contributed by atoms with Crippen molar-refractivity contribution in [1.82, 2.24) is 15.1 Å². The summed E-state index contributed by atoms with van der Waals surface area (Å²) in [7, 11) is 0. The number of carbonyl (C=O) groups is 1. The first kappa shape index (κ1) is 15.4. The Bertz CT molecular complexity index is 457. The minimum absolute atomic E-state index is 0.187. The summed E-state index contributed by atoms with van der Waals surface area (Å²) in [6.07, 6.45) is 1.55. The summed E-state index contributed by atoms with van der Waals surface area (Å²) in [6.45, 7) is 8.85. The van der Waals surface area contributed by atoms with Crippen molar-refractivity contribution in [1.29, 1.82) is 0 Å². The Kier molecular flexibility index (Phi) is 5.75. The number of aromatic nitrogens is 2. The molecule has 0 aromatic carbocycles. The molecular weight excluding hydrogens is 264 g/mol. The Morgan fingerprint density at radius 2 is 2.21 bits per heavy atom. The Labute approximate surface area is 118 Å². The molecule has 1 heterocycles. The van der Waals surface area contributed by atoms with Gasteiger partial charge in [0, 0.05) is 19.3 Å². The lowest BCUT2D eigenvalue weighted by atomic mass is 10.3. The number of rotatable bonds is 5. The summed E-state index contributed by atoms with van der Waals surface area (Å²) in [5, 5.41) is 10.6. The molecule has 106 valence electrons. The summed E-state index contributed by atoms with van der Waals surface area (Å²) < 4.78 is 6.82. The molecule has 2 N–H and O–H groups in total. The average Bonchev–Trinajstić information content (AvgIpc) is 2.71. The molecule has 0 saturated heterocycles. The molecule has 0 aliphatic carbocycles. The number of ether oxygens (including phenoxy) is 1. The molecule has 6 nitrogen and oxygen atoms in total. The third kappa shape index (κ3) is 4.51. The van der Waals surface area contributed by atoms with Crippen LogP contribution >= 0.6 is 12.2 Å². The second-order valence-corrected chi connectivity index (χ2v) is 4.59. The third-order valence-corrected chi connectivity index (χ3v) is 2.45. The number of anilines is 1. The summed E-state index contributed by atoms with van der Waals surface area (Å²) in [6, 6.07) is 0. The van der Waals surface area contributed by atoms with Crippen molar-refractivity contribution >= 4 is 29.0 Å². The van der Waals surface area contributed by atoms with E-state index in [1.165, 1.54) is 0 Å². The zero-order valence-electron chi connectivity index (χ0n) is 11.7. The van der Waals surface area contributed by atoms with Crippen LogP contribution in [0, 0.1) is 0 Å². The lowest BCUT2D eigenvalue weighted by Crippen LogP contribution is -2.28. The van der Waals surface area contributed by atoms with E-state index in [1.54, 1.807) is 24.7 Å². The Morgan fingerprint density at radius 3 is 2.74 bits per heavy atom. The highest BCUT2D eigenvalue weighted by Crippen LogP contribution is 2.15. The van der Waals surface area contributed by atoms with Crippen LogP contribution in [-0.2, 0) is 11.3 Å². The van der Waals surface area contributed by atoms with Gasteiger partial charge in [-0.25, -0.2) is 4.79 Å². The number of hydrogen-bond donors (Lipinski definition) is 2. The molecule has 7 heteroatoms. The molecule has 0 bridgehead atoms. The standard InChI is InChI=1S/C12H20N4O2S/c1-5-13-12(19)14-9-7-16(6-2)15-10(9)11(17)18-8(3)4/h7-8H,5-6H2,1-4H3,(H2,13,14,19). The van der Waals surface area contributed by atoms with E-state index in [2.05, 4.69) is 15.7 Å². The molecule has 19 heavy (non-hydrogen) atoms. The quantitative estimate of drug-likeness (QED) is 0.634. The number of aryl methyl sites for hydroxylation is 1. The number of nitrogens with one attached hydrogen (secondary N) is 2. The maximum atomic E-state index is 11.9. The molecular formula is C12H20N4O2S. The van der Waals surface area contributed by atoms with Gasteiger partial charge >= 0.3 is 5.97 Å². The lowest BCUT2D eigenvalue weighted by Gasteiger charge is -2.09. The van der Waals surface area contributed by atoms with E-state index in [1.807, 2.05) is 13.8 Å². The molecule has 0 aliphatic rings. The summed E-state index contributed by atoms with van der Waals surface area (Å²) >= 11 is 5.10. The van der Waals surface area contributed by atoms with Crippen LogP contribution in [-0.4, -0.2) is 33.5 Å². The highest BCUT2D eigenvalue weighted by Gasteiger charge is 2.19. The van der Waals surface area contributed by atoms with Crippen LogP contribution in [0.25, 0.3) is 0 Å². The van der Waals surface area contributed by atoms with Crippen molar-refractivity contribution in [3.05, 3.63) is 11.9 Å². The van der Waals surface area contributed by atoms with Gasteiger partial charge in [0.25, 0.3) is 0 Å². The zero-order valence-corrected chi connectivity index (χ0v) is 12.5. The lowest BCUT2D eigenvalue weighted by molar-refractivity contribution is 0.0371. The molecule has 0 fully saturated rings. The number of thiocarbonyl (C=S) groups is 1. The molecule has 0 spiro atoms. The number of hydrogen-bond acceptors (Lipinski definition) is 4. The SMILES string of the molecule is CCNC(=S)Nc1cn(CC)nc1C(=O)OC(C)C. The van der Waals surface area contributed by atoms with Crippen molar-refractivity contribution in [3.63, 3.8) is 0 Å². The molecule has 1 aromatic rings.